The number of amides is 2. The fraction of sp³-hybridized carbons (Fsp3) is 0.714. The molecule has 0 spiro atoms. The molecule has 0 aliphatic carbocycles. The molecule has 2 heterocycles. The Bertz CT molecular complexity index is 1700. The number of benzene rings is 1. The van der Waals surface area contributed by atoms with Crippen LogP contribution in [-0.2, 0) is 35.1 Å². The number of hydrogen-bond donors (Lipinski definition) is 0. The summed E-state index contributed by atoms with van der Waals surface area (Å²) in [6.07, 6.45) is 3.46. The Morgan fingerprint density at radius 3 is 2.16 bits per heavy atom. The van der Waals surface area contributed by atoms with E-state index in [0.717, 1.165) is 41.3 Å². The number of rotatable bonds is 29. The molecule has 13 heteroatoms. The number of thiazole rings is 1. The van der Waals surface area contributed by atoms with Gasteiger partial charge in [0.25, 0.3) is 0 Å². The fourth-order valence-corrected chi connectivity index (χ4v) is 11.4. The summed E-state index contributed by atoms with van der Waals surface area (Å²) >= 11 is 1.45. The van der Waals surface area contributed by atoms with E-state index in [2.05, 4.69) is 32.9 Å². The van der Waals surface area contributed by atoms with Crippen LogP contribution in [0.2, 0.25) is 0 Å². The van der Waals surface area contributed by atoms with Gasteiger partial charge >= 0.3 is 0 Å². The lowest BCUT2D eigenvalue weighted by Crippen LogP contribution is -2.54. The highest BCUT2D eigenvalue weighted by atomic mass is 33.1. The van der Waals surface area contributed by atoms with E-state index in [0.29, 0.717) is 31.5 Å². The topological polar surface area (TPSA) is 123 Å². The molecule has 0 N–H and O–H groups in total. The number of methoxy groups -OCH3 is 2. The summed E-state index contributed by atoms with van der Waals surface area (Å²) in [4.78, 5) is 77.8. The number of aromatic nitrogens is 1. The molecule has 1 aliphatic heterocycles. The number of likely N-dealkylation sites (N-methyl/N-ethyl adjacent to an activating group) is 1. The van der Waals surface area contributed by atoms with Gasteiger partial charge in [-0.25, -0.2) is 4.98 Å². The van der Waals surface area contributed by atoms with E-state index in [-0.39, 0.29) is 84.1 Å². The molecule has 9 atom stereocenters. The van der Waals surface area contributed by atoms with E-state index >= 15 is 0 Å². The number of Topliss-reactive ketones (excluding diaryl/α,β-unsaturated/α-hetero) is 3. The Morgan fingerprint density at radius 1 is 0.887 bits per heavy atom. The van der Waals surface area contributed by atoms with Gasteiger partial charge in [0.2, 0.25) is 11.8 Å². The van der Waals surface area contributed by atoms with Crippen molar-refractivity contribution in [1.29, 1.82) is 0 Å². The lowest BCUT2D eigenvalue weighted by atomic mass is 9.82. The first kappa shape index (κ1) is 53.8. The van der Waals surface area contributed by atoms with Crippen molar-refractivity contribution in [1.82, 2.24) is 14.8 Å². The van der Waals surface area contributed by atoms with Crippen LogP contribution in [0.1, 0.15) is 141 Å². The fourth-order valence-electron chi connectivity index (χ4n) is 8.72. The maximum absolute atomic E-state index is 14.4. The molecule has 0 saturated carbocycles. The first-order valence-corrected chi connectivity index (χ1v) is 26.3. The molecular formula is C49H77N3O7S3. The smallest absolute Gasteiger partial charge is 0.226 e. The van der Waals surface area contributed by atoms with E-state index in [1.807, 2.05) is 70.0 Å². The predicted octanol–water partition coefficient (Wildman–Crippen LogP) is 10.2. The quantitative estimate of drug-likeness (QED) is 0.0443. The van der Waals surface area contributed by atoms with Gasteiger partial charge in [-0.3, -0.25) is 24.0 Å². The molecule has 10 nitrogen and oxygen atoms in total. The van der Waals surface area contributed by atoms with E-state index in [1.165, 1.54) is 11.3 Å². The van der Waals surface area contributed by atoms with Crippen molar-refractivity contribution in [3.05, 3.63) is 52.0 Å². The highest BCUT2D eigenvalue weighted by Crippen LogP contribution is 2.34. The van der Waals surface area contributed by atoms with Gasteiger partial charge in [0, 0.05) is 87.6 Å². The van der Waals surface area contributed by atoms with Crippen molar-refractivity contribution in [2.75, 3.05) is 39.3 Å². The summed E-state index contributed by atoms with van der Waals surface area (Å²) in [5.41, 5.74) is 1.56. The molecule has 2 aromatic rings. The zero-order valence-corrected chi connectivity index (χ0v) is 42.2. The molecule has 0 bridgehead atoms. The van der Waals surface area contributed by atoms with Crippen LogP contribution >= 0.6 is 32.9 Å². The Balaban J connectivity index is 1.80. The van der Waals surface area contributed by atoms with Crippen LogP contribution in [0.25, 0.3) is 0 Å². The van der Waals surface area contributed by atoms with Crippen molar-refractivity contribution in [3.63, 3.8) is 0 Å². The zero-order valence-electron chi connectivity index (χ0n) is 39.7. The molecular weight excluding hydrogens is 839 g/mol. The van der Waals surface area contributed by atoms with Crippen LogP contribution in [0.5, 0.6) is 0 Å². The third kappa shape index (κ3) is 15.3. The van der Waals surface area contributed by atoms with Gasteiger partial charge in [0.05, 0.1) is 35.7 Å². The maximum Gasteiger partial charge on any atom is 0.226 e. The number of ether oxygens (including phenoxy) is 2. The first-order chi connectivity index (χ1) is 29.5. The molecule has 348 valence electrons. The molecule has 62 heavy (non-hydrogen) atoms. The number of nitrogens with zero attached hydrogens (tertiary/aromatic N) is 3. The average molecular weight is 916 g/mol. The summed E-state index contributed by atoms with van der Waals surface area (Å²) < 4.78 is 12.2. The van der Waals surface area contributed by atoms with E-state index < -0.39 is 30.1 Å². The van der Waals surface area contributed by atoms with Crippen LogP contribution in [0.3, 0.4) is 0 Å². The minimum absolute atomic E-state index is 0.0169. The predicted molar refractivity (Wildman–Crippen MR) is 257 cm³/mol. The standard InChI is InChI=1S/C49H77N3O7S3/c1-13-33(7)46(51(10)49(57)38(32(5)6)28-43(55)34(8)31(3)4)44(58-11)29-45(56)52-24-18-22-40(52)47(59-12)35(9)42(54)27-37(26-36-20-16-15-17-21-36)48-50-39(30-60-48)41(53)23-19-25-62-61-14-2/h15-17,20-21,30-35,37-38,40,44,46-47H,13-14,18-19,22-29H2,1-12H3/t33-,34-,35-,37+,38-,40-,44+,46?,47+/m0/s1. The molecule has 1 aliphatic rings. The van der Waals surface area contributed by atoms with Gasteiger partial charge < -0.3 is 19.3 Å². The minimum atomic E-state index is -0.585. The average Bonchev–Trinajstić information content (AvgIpc) is 3.96. The van der Waals surface area contributed by atoms with E-state index in [4.69, 9.17) is 14.5 Å². The number of hydrogen-bond acceptors (Lipinski definition) is 11. The van der Waals surface area contributed by atoms with Gasteiger partial charge in [-0.15, -0.1) is 11.3 Å². The Hall–Kier alpha value is -2.58. The Morgan fingerprint density at radius 2 is 1.56 bits per heavy atom. The first-order valence-electron chi connectivity index (χ1n) is 22.9. The van der Waals surface area contributed by atoms with Gasteiger partial charge in [0.15, 0.2) is 5.78 Å². The molecule has 3 rings (SSSR count). The molecule has 2 amide bonds. The second-order valence-corrected chi connectivity index (χ2v) is 21.8. The lowest BCUT2D eigenvalue weighted by molar-refractivity contribution is -0.149. The van der Waals surface area contributed by atoms with Gasteiger partial charge in [-0.1, -0.05) is 121 Å². The highest BCUT2D eigenvalue weighted by Gasteiger charge is 2.43. The number of carbonyl (C=O) groups is 5. The molecule has 1 aromatic carbocycles. The summed E-state index contributed by atoms with van der Waals surface area (Å²) in [7, 11) is 8.59. The molecule has 1 aromatic heterocycles. The van der Waals surface area contributed by atoms with E-state index in [9.17, 15) is 24.0 Å². The third-order valence-electron chi connectivity index (χ3n) is 13.2. The van der Waals surface area contributed by atoms with Gasteiger partial charge in [-0.05, 0) is 49.0 Å². The van der Waals surface area contributed by atoms with Gasteiger partial charge in [-0.2, -0.15) is 0 Å². The van der Waals surface area contributed by atoms with Gasteiger partial charge in [0.1, 0.15) is 17.3 Å². The second-order valence-electron chi connectivity index (χ2n) is 18.0. The highest BCUT2D eigenvalue weighted by molar-refractivity contribution is 8.76. The van der Waals surface area contributed by atoms with Crippen molar-refractivity contribution < 1.29 is 33.4 Å². The largest absolute Gasteiger partial charge is 0.379 e. The normalized spacial score (nSPS) is 18.2. The third-order valence-corrected chi connectivity index (χ3v) is 16.7. The van der Waals surface area contributed by atoms with Crippen molar-refractivity contribution in [3.8, 4) is 0 Å². The summed E-state index contributed by atoms with van der Waals surface area (Å²) in [6.45, 7) is 18.7. The number of ketones is 3. The maximum atomic E-state index is 14.4. The molecule has 0 radical (unpaired) electrons. The Kier molecular flexibility index (Phi) is 23.4. The second kappa shape index (κ2) is 27.0. The van der Waals surface area contributed by atoms with Crippen LogP contribution in [0, 0.1) is 35.5 Å². The van der Waals surface area contributed by atoms with Crippen LogP contribution in [0.4, 0.5) is 0 Å². The van der Waals surface area contributed by atoms with Crippen molar-refractivity contribution >= 4 is 62.1 Å². The summed E-state index contributed by atoms with van der Waals surface area (Å²) in [5.74, 6) is 0.723. The van der Waals surface area contributed by atoms with Crippen molar-refractivity contribution in [2.45, 2.75) is 150 Å². The summed E-state index contributed by atoms with van der Waals surface area (Å²) in [5, 5.41) is 2.61. The lowest BCUT2D eigenvalue weighted by Gasteiger charge is -2.41. The molecule has 1 saturated heterocycles. The van der Waals surface area contributed by atoms with Crippen LogP contribution in [0.15, 0.2) is 35.7 Å². The number of likely N-dealkylation sites (tertiary alicyclic amines) is 1. The zero-order chi connectivity index (χ0) is 46.1. The van der Waals surface area contributed by atoms with Crippen LogP contribution in [-0.4, -0.2) is 108 Å². The molecule has 1 unspecified atom stereocenters. The SMILES string of the molecule is CCSSCCCC(=O)c1csc([C@@H](CC(=O)[C@H](C)[C@@H](OC)[C@@H]2CCCN2C(=O)C[C@@H](OC)C([C@@H](C)CC)N(C)C(=O)[C@@H](CC(=O)[C@@H](C)C(C)C)C(C)C)Cc2ccccc2)n1. The van der Waals surface area contributed by atoms with Crippen LogP contribution < -0.4 is 0 Å². The van der Waals surface area contributed by atoms with E-state index in [1.54, 1.807) is 47.8 Å². The monoisotopic (exact) mass is 915 g/mol. The van der Waals surface area contributed by atoms with Crippen molar-refractivity contribution in [2.24, 2.45) is 35.5 Å². The number of carbonyl (C=O) groups excluding carboxylic acids is 5. The summed E-state index contributed by atoms with van der Waals surface area (Å²) in [6, 6.07) is 9.35. The molecule has 1 fully saturated rings. The minimum Gasteiger partial charge on any atom is -0.379 e. The Labute approximate surface area is 385 Å².